The lowest BCUT2D eigenvalue weighted by atomic mass is 10.1. The molecule has 1 unspecified atom stereocenters. The first kappa shape index (κ1) is 32.3. The van der Waals surface area contributed by atoms with Gasteiger partial charge in [-0.05, 0) is 74.0 Å². The van der Waals surface area contributed by atoms with Gasteiger partial charge in [0, 0.05) is 47.8 Å². The van der Waals surface area contributed by atoms with E-state index in [1.165, 1.54) is 0 Å². The molecule has 0 radical (unpaired) electrons. The molecule has 234 valence electrons. The van der Waals surface area contributed by atoms with Crippen molar-refractivity contribution < 1.29 is 42.1 Å². The Kier molecular flexibility index (Phi) is 10.8. The van der Waals surface area contributed by atoms with Crippen molar-refractivity contribution in [2.75, 3.05) is 54.9 Å². The van der Waals surface area contributed by atoms with Crippen LogP contribution in [0.4, 0.5) is 30.2 Å². The number of alkyl halides is 3. The number of nitrogens with zero attached hydrogens (tertiary/aromatic N) is 1. The number of aliphatic carboxylic acids is 1. The summed E-state index contributed by atoms with van der Waals surface area (Å²) in [6.45, 7) is 6.69. The fraction of sp³-hybridized carbons (Fsp3) is 0.323. The average Bonchev–Trinajstić information content (AvgIpc) is 3.52. The molecule has 0 spiro atoms. The smallest absolute Gasteiger partial charge is 0.489 e. The van der Waals surface area contributed by atoms with Crippen LogP contribution in [0.2, 0.25) is 0 Å². The van der Waals surface area contributed by atoms with E-state index in [-0.39, 0.29) is 17.9 Å². The number of anilines is 3. The molecule has 2 aliphatic rings. The Balaban J connectivity index is 0.000000566. The van der Waals surface area contributed by atoms with Crippen molar-refractivity contribution in [3.63, 3.8) is 0 Å². The van der Waals surface area contributed by atoms with Gasteiger partial charge in [0.15, 0.2) is 0 Å². The van der Waals surface area contributed by atoms with Crippen molar-refractivity contribution in [1.82, 2.24) is 5.32 Å². The van der Waals surface area contributed by atoms with Crippen LogP contribution in [0.5, 0.6) is 5.75 Å². The van der Waals surface area contributed by atoms with Gasteiger partial charge in [-0.3, -0.25) is 9.59 Å². The average molecular weight is 615 g/mol. The number of hydrogen-bond acceptors (Lipinski definition) is 7. The number of carboxylic acids is 1. The highest BCUT2D eigenvalue weighted by molar-refractivity contribution is 6.08. The molecule has 0 bridgehead atoms. The number of aryl methyl sites for hydroxylation is 1. The topological polar surface area (TPSA) is 129 Å². The van der Waals surface area contributed by atoms with Crippen LogP contribution in [0.25, 0.3) is 0 Å². The molecule has 13 heteroatoms. The van der Waals surface area contributed by atoms with E-state index < -0.39 is 12.1 Å². The van der Waals surface area contributed by atoms with Gasteiger partial charge in [-0.2, -0.15) is 13.2 Å². The Bertz CT molecular complexity index is 1470. The third-order valence-electron chi connectivity index (χ3n) is 6.88. The molecule has 2 amide bonds. The second-order valence-corrected chi connectivity index (χ2v) is 10.2. The summed E-state index contributed by atoms with van der Waals surface area (Å²) >= 11 is 0. The Labute approximate surface area is 252 Å². The number of ether oxygens (including phenoxy) is 2. The molecule has 2 heterocycles. The zero-order chi connectivity index (χ0) is 31.7. The SMILES string of the molecule is Cc1ccc(C(=O)Nc2cccc(N3CCOCC3)c2)cc1NC(=O)c1cccc(OC2CCNC2)c1.O=C(O)C(F)(F)F. The molecule has 3 aromatic carbocycles. The van der Waals surface area contributed by atoms with Gasteiger partial charge in [0.1, 0.15) is 11.9 Å². The summed E-state index contributed by atoms with van der Waals surface area (Å²) in [7, 11) is 0. The highest BCUT2D eigenvalue weighted by atomic mass is 19.4. The number of carbonyl (C=O) groups excluding carboxylic acids is 2. The monoisotopic (exact) mass is 614 g/mol. The summed E-state index contributed by atoms with van der Waals surface area (Å²) in [5, 5.41) is 16.3. The van der Waals surface area contributed by atoms with E-state index in [1.807, 2.05) is 49.4 Å². The van der Waals surface area contributed by atoms with E-state index in [4.69, 9.17) is 19.4 Å². The Morgan fingerprint density at radius 3 is 2.32 bits per heavy atom. The van der Waals surface area contributed by atoms with Gasteiger partial charge in [0.25, 0.3) is 11.8 Å². The molecule has 0 aliphatic carbocycles. The highest BCUT2D eigenvalue weighted by Crippen LogP contribution is 2.24. The van der Waals surface area contributed by atoms with Gasteiger partial charge in [0.2, 0.25) is 0 Å². The number of morpholine rings is 1. The predicted molar refractivity (Wildman–Crippen MR) is 159 cm³/mol. The molecule has 4 N–H and O–H groups in total. The standard InChI is InChI=1S/C29H32N4O4.C2HF3O2/c1-20-8-9-22(28(34)31-23-5-3-6-24(18-23)33-12-14-36-15-13-33)17-27(20)32-29(35)21-4-2-7-25(16-21)37-26-10-11-30-19-26;3-2(4,5)1(6)7/h2-9,16-18,26,30H,10-15,19H2,1H3,(H,31,34)(H,32,35);(H,6,7). The summed E-state index contributed by atoms with van der Waals surface area (Å²) in [6.07, 6.45) is -4.02. The molecule has 2 saturated heterocycles. The molecule has 1 atom stereocenters. The van der Waals surface area contributed by atoms with Gasteiger partial charge in [-0.25, -0.2) is 4.79 Å². The fourth-order valence-electron chi connectivity index (χ4n) is 4.53. The van der Waals surface area contributed by atoms with Crippen LogP contribution in [0.15, 0.2) is 66.7 Å². The van der Waals surface area contributed by atoms with Gasteiger partial charge < -0.3 is 35.4 Å². The molecule has 0 saturated carbocycles. The highest BCUT2D eigenvalue weighted by Gasteiger charge is 2.38. The minimum Gasteiger partial charge on any atom is -0.489 e. The van der Waals surface area contributed by atoms with E-state index in [0.29, 0.717) is 35.8 Å². The zero-order valence-corrected chi connectivity index (χ0v) is 23.9. The summed E-state index contributed by atoms with van der Waals surface area (Å²) in [6, 6.07) is 20.3. The summed E-state index contributed by atoms with van der Waals surface area (Å²) in [5.41, 5.74) is 4.18. The summed E-state index contributed by atoms with van der Waals surface area (Å²) in [5.74, 6) is -2.58. The van der Waals surface area contributed by atoms with E-state index in [9.17, 15) is 22.8 Å². The summed E-state index contributed by atoms with van der Waals surface area (Å²) in [4.78, 5) is 37.2. The molecule has 0 aromatic heterocycles. The molecular formula is C31H33F3N4O6. The van der Waals surface area contributed by atoms with Gasteiger partial charge >= 0.3 is 12.1 Å². The maximum absolute atomic E-state index is 13.1. The Morgan fingerprint density at radius 2 is 1.64 bits per heavy atom. The molecular weight excluding hydrogens is 581 g/mol. The van der Waals surface area contributed by atoms with Crippen molar-refractivity contribution in [2.45, 2.75) is 25.6 Å². The Morgan fingerprint density at radius 1 is 0.955 bits per heavy atom. The molecule has 44 heavy (non-hydrogen) atoms. The minimum absolute atomic E-state index is 0.116. The maximum atomic E-state index is 13.1. The number of hydrogen-bond donors (Lipinski definition) is 4. The van der Waals surface area contributed by atoms with Crippen molar-refractivity contribution in [1.29, 1.82) is 0 Å². The third-order valence-corrected chi connectivity index (χ3v) is 6.88. The van der Waals surface area contributed by atoms with Gasteiger partial charge in [0.05, 0.1) is 13.2 Å². The zero-order valence-electron chi connectivity index (χ0n) is 23.9. The second-order valence-electron chi connectivity index (χ2n) is 10.2. The molecule has 3 aromatic rings. The molecule has 2 aliphatic heterocycles. The number of halogens is 3. The van der Waals surface area contributed by atoms with Crippen molar-refractivity contribution in [2.24, 2.45) is 0 Å². The Hall–Kier alpha value is -4.62. The lowest BCUT2D eigenvalue weighted by molar-refractivity contribution is -0.192. The number of rotatable bonds is 7. The van der Waals surface area contributed by atoms with Gasteiger partial charge in [-0.1, -0.05) is 18.2 Å². The number of benzene rings is 3. The normalized spacial score (nSPS) is 16.4. The maximum Gasteiger partial charge on any atom is 0.490 e. The number of carboxylic acid groups (broad SMARTS) is 1. The van der Waals surface area contributed by atoms with Crippen molar-refractivity contribution in [3.05, 3.63) is 83.4 Å². The second kappa shape index (κ2) is 14.7. The van der Waals surface area contributed by atoms with E-state index >= 15 is 0 Å². The van der Waals surface area contributed by atoms with Crippen LogP contribution in [-0.4, -0.2) is 74.6 Å². The van der Waals surface area contributed by atoms with Gasteiger partial charge in [-0.15, -0.1) is 0 Å². The molecule has 10 nitrogen and oxygen atoms in total. The van der Waals surface area contributed by atoms with Crippen molar-refractivity contribution in [3.8, 4) is 5.75 Å². The van der Waals surface area contributed by atoms with Crippen LogP contribution in [0.1, 0.15) is 32.7 Å². The van der Waals surface area contributed by atoms with Crippen LogP contribution >= 0.6 is 0 Å². The largest absolute Gasteiger partial charge is 0.490 e. The molecule has 5 rings (SSSR count). The van der Waals surface area contributed by atoms with Crippen molar-refractivity contribution >= 4 is 34.8 Å². The minimum atomic E-state index is -5.08. The van der Waals surface area contributed by atoms with Crippen LogP contribution in [0, 0.1) is 6.92 Å². The first-order valence-corrected chi connectivity index (χ1v) is 13.9. The van der Waals surface area contributed by atoms with Crippen LogP contribution in [0.3, 0.4) is 0 Å². The number of carbonyl (C=O) groups is 3. The first-order chi connectivity index (χ1) is 21.0. The van der Waals surface area contributed by atoms with E-state index in [2.05, 4.69) is 20.9 Å². The van der Waals surface area contributed by atoms with Crippen LogP contribution in [-0.2, 0) is 9.53 Å². The number of nitrogens with one attached hydrogen (secondary N) is 3. The molecule has 2 fully saturated rings. The summed E-state index contributed by atoms with van der Waals surface area (Å²) < 4.78 is 43.2. The lowest BCUT2D eigenvalue weighted by Crippen LogP contribution is -2.36. The first-order valence-electron chi connectivity index (χ1n) is 13.9. The van der Waals surface area contributed by atoms with E-state index in [1.54, 1.807) is 24.3 Å². The van der Waals surface area contributed by atoms with Crippen LogP contribution < -0.4 is 25.6 Å². The fourth-order valence-corrected chi connectivity index (χ4v) is 4.53. The third kappa shape index (κ3) is 9.19. The van der Waals surface area contributed by atoms with E-state index in [0.717, 1.165) is 49.5 Å². The predicted octanol–water partition coefficient (Wildman–Crippen LogP) is 4.71. The number of amides is 2. The quantitative estimate of drug-likeness (QED) is 0.301. The lowest BCUT2D eigenvalue weighted by Gasteiger charge is -2.29.